The number of nitrogens with zero attached hydrogens (tertiary/aromatic N) is 4. The van der Waals surface area contributed by atoms with Crippen LogP contribution in [0.5, 0.6) is 0 Å². The molecule has 0 bridgehead atoms. The normalized spacial score (nSPS) is 11.7. The monoisotopic (exact) mass is 508 g/mol. The first-order valence-corrected chi connectivity index (χ1v) is 9.14. The molecule has 3 rings (SSSR count). The maximum atomic E-state index is 13.5. The van der Waals surface area contributed by atoms with Gasteiger partial charge in [-0.1, -0.05) is 44.2 Å². The first-order valence-electron chi connectivity index (χ1n) is 9.14. The number of halogens is 2. The van der Waals surface area contributed by atoms with Crippen LogP contribution < -0.4 is 10.6 Å². The van der Waals surface area contributed by atoms with Crippen LogP contribution in [-0.4, -0.2) is 34.3 Å². The first-order chi connectivity index (χ1) is 13.5. The van der Waals surface area contributed by atoms with E-state index in [9.17, 15) is 4.39 Å². The number of aliphatic imine (C=N–C) groups is 1. The third kappa shape index (κ3) is 5.99. The second-order valence-corrected chi connectivity index (χ2v) is 7.13. The van der Waals surface area contributed by atoms with Crippen molar-refractivity contribution >= 4 is 29.9 Å². The van der Waals surface area contributed by atoms with E-state index in [0.717, 1.165) is 17.1 Å². The van der Waals surface area contributed by atoms with Crippen LogP contribution in [0.3, 0.4) is 0 Å². The summed E-state index contributed by atoms with van der Waals surface area (Å²) < 4.78 is 15.5. The molecule has 0 saturated carbocycles. The second-order valence-electron chi connectivity index (χ2n) is 7.13. The van der Waals surface area contributed by atoms with Gasteiger partial charge in [0.2, 0.25) is 0 Å². The van der Waals surface area contributed by atoms with Crippen LogP contribution in [0.2, 0.25) is 0 Å². The summed E-state index contributed by atoms with van der Waals surface area (Å²) in [6, 6.07) is 16.6. The van der Waals surface area contributed by atoms with E-state index in [-0.39, 0.29) is 35.2 Å². The number of rotatable bonds is 6. The van der Waals surface area contributed by atoms with Crippen molar-refractivity contribution in [3.05, 3.63) is 78.1 Å². The number of hydrogen-bond acceptors (Lipinski definition) is 3. The van der Waals surface area contributed by atoms with Gasteiger partial charge in [-0.25, -0.2) is 4.39 Å². The van der Waals surface area contributed by atoms with E-state index < -0.39 is 0 Å². The highest BCUT2D eigenvalue weighted by Crippen LogP contribution is 2.22. The summed E-state index contributed by atoms with van der Waals surface area (Å²) in [4.78, 5) is 4.27. The van der Waals surface area contributed by atoms with Crippen molar-refractivity contribution in [1.29, 1.82) is 0 Å². The molecule has 0 saturated heterocycles. The predicted octanol–water partition coefficient (Wildman–Crippen LogP) is 3.67. The highest BCUT2D eigenvalue weighted by atomic mass is 127. The smallest absolute Gasteiger partial charge is 0.191 e. The molecule has 0 aliphatic carbocycles. The standard InChI is InChI=1S/C21H25FN6.HI/c1-21(2,16-8-7-9-17(22)12-16)14-25-20(23-3)24-13-19-27-26-15-28(19)18-10-5-4-6-11-18;/h4-12,15H,13-14H2,1-3H3,(H2,23,24,25);1H. The SMILES string of the molecule is CN=C(NCc1nncn1-c1ccccc1)NCC(C)(C)c1cccc(F)c1.I. The minimum absolute atomic E-state index is 0. The fraction of sp³-hybridized carbons (Fsp3) is 0.286. The average molecular weight is 508 g/mol. The van der Waals surface area contributed by atoms with Crippen molar-refractivity contribution in [2.24, 2.45) is 4.99 Å². The maximum Gasteiger partial charge on any atom is 0.191 e. The van der Waals surface area contributed by atoms with E-state index in [4.69, 9.17) is 0 Å². The molecule has 0 amide bonds. The molecule has 2 aromatic carbocycles. The Morgan fingerprint density at radius 2 is 1.86 bits per heavy atom. The molecular formula is C21H26FIN6. The van der Waals surface area contributed by atoms with Crippen LogP contribution in [0.1, 0.15) is 25.2 Å². The topological polar surface area (TPSA) is 67.1 Å². The van der Waals surface area contributed by atoms with E-state index in [0.29, 0.717) is 19.0 Å². The van der Waals surface area contributed by atoms with Crippen LogP contribution in [0.15, 0.2) is 65.9 Å². The van der Waals surface area contributed by atoms with Gasteiger partial charge in [-0.3, -0.25) is 9.56 Å². The fourth-order valence-corrected chi connectivity index (χ4v) is 2.88. The molecule has 0 atom stereocenters. The Bertz CT molecular complexity index is 939. The summed E-state index contributed by atoms with van der Waals surface area (Å²) in [6.45, 7) is 5.19. The Balaban J connectivity index is 0.00000300. The predicted molar refractivity (Wildman–Crippen MR) is 124 cm³/mol. The van der Waals surface area contributed by atoms with Crippen molar-refractivity contribution in [2.45, 2.75) is 25.8 Å². The van der Waals surface area contributed by atoms with Crippen LogP contribution in [0.4, 0.5) is 4.39 Å². The van der Waals surface area contributed by atoms with E-state index in [1.165, 1.54) is 6.07 Å². The van der Waals surface area contributed by atoms with Gasteiger partial charge in [0.25, 0.3) is 0 Å². The lowest BCUT2D eigenvalue weighted by Gasteiger charge is -2.26. The van der Waals surface area contributed by atoms with E-state index in [2.05, 4.69) is 39.7 Å². The molecule has 2 N–H and O–H groups in total. The summed E-state index contributed by atoms with van der Waals surface area (Å²) in [5.41, 5.74) is 1.67. The minimum Gasteiger partial charge on any atom is -0.356 e. The lowest BCUT2D eigenvalue weighted by Crippen LogP contribution is -2.43. The quantitative estimate of drug-likeness (QED) is 0.303. The molecular weight excluding hydrogens is 482 g/mol. The molecule has 6 nitrogen and oxygen atoms in total. The van der Waals surface area contributed by atoms with Gasteiger partial charge in [-0.2, -0.15) is 0 Å². The summed E-state index contributed by atoms with van der Waals surface area (Å²) in [6.07, 6.45) is 1.69. The molecule has 0 radical (unpaired) electrons. The van der Waals surface area contributed by atoms with Gasteiger partial charge in [0, 0.05) is 24.7 Å². The van der Waals surface area contributed by atoms with Gasteiger partial charge < -0.3 is 10.6 Å². The van der Waals surface area contributed by atoms with Gasteiger partial charge in [-0.15, -0.1) is 34.2 Å². The minimum atomic E-state index is -0.260. The molecule has 0 fully saturated rings. The van der Waals surface area contributed by atoms with Crippen molar-refractivity contribution in [2.75, 3.05) is 13.6 Å². The summed E-state index contributed by atoms with van der Waals surface area (Å²) in [7, 11) is 1.71. The average Bonchev–Trinajstić information content (AvgIpc) is 3.17. The molecule has 0 aliphatic heterocycles. The molecule has 3 aromatic rings. The van der Waals surface area contributed by atoms with Crippen LogP contribution in [-0.2, 0) is 12.0 Å². The Kier molecular flexibility index (Phi) is 8.12. The third-order valence-electron chi connectivity index (χ3n) is 4.59. The van der Waals surface area contributed by atoms with Gasteiger partial charge in [-0.05, 0) is 29.8 Å². The number of aromatic nitrogens is 3. The molecule has 1 heterocycles. The van der Waals surface area contributed by atoms with Crippen molar-refractivity contribution < 1.29 is 4.39 Å². The van der Waals surface area contributed by atoms with E-state index >= 15 is 0 Å². The molecule has 1 aromatic heterocycles. The number of nitrogens with one attached hydrogen (secondary N) is 2. The Hall–Kier alpha value is -2.49. The first kappa shape index (κ1) is 22.8. The molecule has 8 heteroatoms. The van der Waals surface area contributed by atoms with Gasteiger partial charge in [0.15, 0.2) is 11.8 Å². The zero-order valence-corrected chi connectivity index (χ0v) is 19.1. The molecule has 0 aliphatic rings. The second kappa shape index (κ2) is 10.3. The summed E-state index contributed by atoms with van der Waals surface area (Å²) in [5.74, 6) is 1.19. The van der Waals surface area contributed by atoms with Crippen molar-refractivity contribution in [3.8, 4) is 5.69 Å². The van der Waals surface area contributed by atoms with Crippen LogP contribution in [0, 0.1) is 5.82 Å². The van der Waals surface area contributed by atoms with Crippen molar-refractivity contribution in [1.82, 2.24) is 25.4 Å². The molecule has 154 valence electrons. The van der Waals surface area contributed by atoms with Gasteiger partial charge in [0.05, 0.1) is 6.54 Å². The third-order valence-corrected chi connectivity index (χ3v) is 4.59. The Labute approximate surface area is 187 Å². The Morgan fingerprint density at radius 1 is 1.10 bits per heavy atom. The fourth-order valence-electron chi connectivity index (χ4n) is 2.88. The van der Waals surface area contributed by atoms with E-state index in [1.54, 1.807) is 25.5 Å². The number of para-hydroxylation sites is 1. The van der Waals surface area contributed by atoms with Crippen LogP contribution in [0.25, 0.3) is 5.69 Å². The van der Waals surface area contributed by atoms with Crippen LogP contribution >= 0.6 is 24.0 Å². The lowest BCUT2D eigenvalue weighted by atomic mass is 9.84. The largest absolute Gasteiger partial charge is 0.356 e. The highest BCUT2D eigenvalue weighted by Gasteiger charge is 2.21. The maximum absolute atomic E-state index is 13.5. The molecule has 0 unspecified atom stereocenters. The lowest BCUT2D eigenvalue weighted by molar-refractivity contribution is 0.502. The zero-order valence-electron chi connectivity index (χ0n) is 16.8. The zero-order chi connectivity index (χ0) is 20.0. The number of benzene rings is 2. The van der Waals surface area contributed by atoms with Gasteiger partial charge in [0.1, 0.15) is 12.1 Å². The molecule has 29 heavy (non-hydrogen) atoms. The summed E-state index contributed by atoms with van der Waals surface area (Å²) >= 11 is 0. The molecule has 0 spiro atoms. The van der Waals surface area contributed by atoms with Crippen molar-refractivity contribution in [3.63, 3.8) is 0 Å². The summed E-state index contributed by atoms with van der Waals surface area (Å²) in [5, 5.41) is 14.8. The Morgan fingerprint density at radius 3 is 2.55 bits per heavy atom. The highest BCUT2D eigenvalue weighted by molar-refractivity contribution is 14.0. The number of guanidine groups is 1. The van der Waals surface area contributed by atoms with Gasteiger partial charge >= 0.3 is 0 Å². The number of hydrogen-bond donors (Lipinski definition) is 2. The van der Waals surface area contributed by atoms with E-state index in [1.807, 2.05) is 41.0 Å².